The van der Waals surface area contributed by atoms with Crippen LogP contribution in [-0.4, -0.2) is 28.4 Å². The zero-order valence-corrected chi connectivity index (χ0v) is 12.5. The first-order valence-electron chi connectivity index (χ1n) is 6.40. The first kappa shape index (κ1) is 14.0. The average molecular weight is 322 g/mol. The van der Waals surface area contributed by atoms with E-state index < -0.39 is 5.54 Å². The minimum absolute atomic E-state index is 0.119. The molecule has 100 valence electrons. The third-order valence-electron chi connectivity index (χ3n) is 3.81. The minimum Gasteiger partial charge on any atom is -0.323 e. The molecule has 1 heterocycles. The Bertz CT molecular complexity index is 518. The number of amides is 1. The van der Waals surface area contributed by atoms with E-state index in [1.807, 2.05) is 0 Å². The lowest BCUT2D eigenvalue weighted by Crippen LogP contribution is -2.49. The fourth-order valence-electron chi connectivity index (χ4n) is 2.58. The van der Waals surface area contributed by atoms with E-state index in [0.29, 0.717) is 10.2 Å². The first-order chi connectivity index (χ1) is 9.09. The fraction of sp³-hybridized carbons (Fsp3) is 0.500. The highest BCUT2D eigenvalue weighted by Crippen LogP contribution is 2.33. The Hall–Kier alpha value is -1.41. The summed E-state index contributed by atoms with van der Waals surface area (Å²) in [5.74, 6) is -0.119. The summed E-state index contributed by atoms with van der Waals surface area (Å²) in [7, 11) is 1.73. The number of carbonyl (C=O) groups is 1. The average Bonchev–Trinajstić information content (AvgIpc) is 2.46. The summed E-state index contributed by atoms with van der Waals surface area (Å²) in [6.45, 7) is 0. The molecule has 5 heteroatoms. The van der Waals surface area contributed by atoms with Crippen LogP contribution in [0.3, 0.4) is 0 Å². The van der Waals surface area contributed by atoms with Gasteiger partial charge in [0.1, 0.15) is 10.1 Å². The van der Waals surface area contributed by atoms with Crippen LogP contribution >= 0.6 is 15.9 Å². The zero-order chi connectivity index (χ0) is 13.9. The Kier molecular flexibility index (Phi) is 4.20. The lowest BCUT2D eigenvalue weighted by atomic mass is 9.81. The molecule has 1 fully saturated rings. The van der Waals surface area contributed by atoms with Crippen LogP contribution in [0.15, 0.2) is 22.9 Å². The second-order valence-corrected chi connectivity index (χ2v) is 5.75. The largest absolute Gasteiger partial charge is 0.323 e. The SMILES string of the molecule is CN(C(=O)c1ccnc(Br)c1)C1(C#N)CCCCC1. The quantitative estimate of drug-likeness (QED) is 0.786. The van der Waals surface area contributed by atoms with Crippen molar-refractivity contribution in [2.75, 3.05) is 7.05 Å². The summed E-state index contributed by atoms with van der Waals surface area (Å²) in [4.78, 5) is 18.1. The smallest absolute Gasteiger partial charge is 0.255 e. The third kappa shape index (κ3) is 2.79. The topological polar surface area (TPSA) is 57.0 Å². The summed E-state index contributed by atoms with van der Waals surface area (Å²) in [6.07, 6.45) is 6.27. The van der Waals surface area contributed by atoms with E-state index in [4.69, 9.17) is 0 Å². The second-order valence-electron chi connectivity index (χ2n) is 4.94. The number of rotatable bonds is 2. The van der Waals surface area contributed by atoms with Crippen LogP contribution in [0, 0.1) is 11.3 Å². The van der Waals surface area contributed by atoms with E-state index in [-0.39, 0.29) is 5.91 Å². The number of nitrogens with zero attached hydrogens (tertiary/aromatic N) is 3. The molecule has 1 aliphatic rings. The van der Waals surface area contributed by atoms with Gasteiger partial charge in [0.15, 0.2) is 0 Å². The molecule has 2 rings (SSSR count). The molecule has 0 radical (unpaired) electrons. The van der Waals surface area contributed by atoms with Gasteiger partial charge in [-0.2, -0.15) is 5.26 Å². The Balaban J connectivity index is 2.25. The van der Waals surface area contributed by atoms with E-state index >= 15 is 0 Å². The van der Waals surface area contributed by atoms with E-state index in [1.165, 1.54) is 0 Å². The van der Waals surface area contributed by atoms with Crippen LogP contribution < -0.4 is 0 Å². The van der Waals surface area contributed by atoms with Crippen molar-refractivity contribution < 1.29 is 4.79 Å². The number of aromatic nitrogens is 1. The normalized spacial score (nSPS) is 17.5. The summed E-state index contributed by atoms with van der Waals surface area (Å²) in [5.41, 5.74) is -0.0879. The predicted molar refractivity (Wildman–Crippen MR) is 75.5 cm³/mol. The Labute approximate surface area is 121 Å². The lowest BCUT2D eigenvalue weighted by molar-refractivity contribution is 0.0589. The number of carbonyl (C=O) groups excluding carboxylic acids is 1. The van der Waals surface area contributed by atoms with Gasteiger partial charge in [0.05, 0.1) is 6.07 Å². The molecule has 0 aromatic carbocycles. The standard InChI is InChI=1S/C14H16BrN3O/c1-18(14(10-16)6-3-2-4-7-14)13(19)11-5-8-17-12(15)9-11/h5,8-9H,2-4,6-7H2,1H3. The number of nitriles is 1. The summed E-state index contributed by atoms with van der Waals surface area (Å²) in [5, 5.41) is 9.50. The van der Waals surface area contributed by atoms with Crippen molar-refractivity contribution in [3.8, 4) is 6.07 Å². The summed E-state index contributed by atoms with van der Waals surface area (Å²) in [6, 6.07) is 5.73. The third-order valence-corrected chi connectivity index (χ3v) is 4.24. The van der Waals surface area contributed by atoms with Gasteiger partial charge in [0.25, 0.3) is 5.91 Å². The van der Waals surface area contributed by atoms with Gasteiger partial charge in [-0.1, -0.05) is 19.3 Å². The number of hydrogen-bond acceptors (Lipinski definition) is 3. The van der Waals surface area contributed by atoms with Crippen LogP contribution in [0.4, 0.5) is 0 Å². The molecular weight excluding hydrogens is 306 g/mol. The van der Waals surface area contributed by atoms with E-state index in [1.54, 1.807) is 30.3 Å². The Morgan fingerprint density at radius 2 is 2.16 bits per heavy atom. The van der Waals surface area contributed by atoms with Crippen molar-refractivity contribution in [3.05, 3.63) is 28.5 Å². The molecule has 0 saturated heterocycles. The molecule has 0 bridgehead atoms. The maximum absolute atomic E-state index is 12.5. The van der Waals surface area contributed by atoms with Crippen LogP contribution in [0.1, 0.15) is 42.5 Å². The maximum Gasteiger partial charge on any atom is 0.255 e. The van der Waals surface area contributed by atoms with Crippen molar-refractivity contribution in [2.45, 2.75) is 37.6 Å². The van der Waals surface area contributed by atoms with Gasteiger partial charge < -0.3 is 4.90 Å². The predicted octanol–water partition coefficient (Wildman–Crippen LogP) is 3.14. The van der Waals surface area contributed by atoms with Crippen LogP contribution in [-0.2, 0) is 0 Å². The molecule has 4 nitrogen and oxygen atoms in total. The zero-order valence-electron chi connectivity index (χ0n) is 10.9. The summed E-state index contributed by atoms with van der Waals surface area (Å²) < 4.78 is 0.626. The van der Waals surface area contributed by atoms with Crippen molar-refractivity contribution in [3.63, 3.8) is 0 Å². The van der Waals surface area contributed by atoms with Gasteiger partial charge in [-0.3, -0.25) is 4.79 Å². The van der Waals surface area contributed by atoms with E-state index in [0.717, 1.165) is 32.1 Å². The molecule has 0 atom stereocenters. The van der Waals surface area contributed by atoms with Gasteiger partial charge in [0.2, 0.25) is 0 Å². The molecule has 1 aliphatic carbocycles. The van der Waals surface area contributed by atoms with Crippen LogP contribution in [0.25, 0.3) is 0 Å². The Morgan fingerprint density at radius 3 is 2.74 bits per heavy atom. The molecule has 0 unspecified atom stereocenters. The van der Waals surface area contributed by atoms with E-state index in [9.17, 15) is 10.1 Å². The molecule has 0 N–H and O–H groups in total. The Morgan fingerprint density at radius 1 is 1.47 bits per heavy atom. The highest BCUT2D eigenvalue weighted by atomic mass is 79.9. The van der Waals surface area contributed by atoms with Crippen molar-refractivity contribution in [2.24, 2.45) is 0 Å². The fourth-order valence-corrected chi connectivity index (χ4v) is 2.95. The second kappa shape index (κ2) is 5.70. The van der Waals surface area contributed by atoms with Crippen LogP contribution in [0.2, 0.25) is 0 Å². The number of halogens is 1. The van der Waals surface area contributed by atoms with Crippen molar-refractivity contribution in [1.82, 2.24) is 9.88 Å². The molecule has 0 aliphatic heterocycles. The van der Waals surface area contributed by atoms with Gasteiger partial charge in [-0.15, -0.1) is 0 Å². The molecule has 1 saturated carbocycles. The molecular formula is C14H16BrN3O. The highest BCUT2D eigenvalue weighted by Gasteiger charge is 2.39. The number of pyridine rings is 1. The van der Waals surface area contributed by atoms with Crippen molar-refractivity contribution >= 4 is 21.8 Å². The van der Waals surface area contributed by atoms with Gasteiger partial charge in [0, 0.05) is 18.8 Å². The van der Waals surface area contributed by atoms with Gasteiger partial charge in [-0.25, -0.2) is 4.98 Å². The van der Waals surface area contributed by atoms with E-state index in [2.05, 4.69) is 27.0 Å². The molecule has 1 amide bonds. The highest BCUT2D eigenvalue weighted by molar-refractivity contribution is 9.10. The first-order valence-corrected chi connectivity index (χ1v) is 7.19. The van der Waals surface area contributed by atoms with Gasteiger partial charge >= 0.3 is 0 Å². The van der Waals surface area contributed by atoms with Gasteiger partial charge in [-0.05, 0) is 40.9 Å². The molecule has 1 aromatic rings. The summed E-state index contributed by atoms with van der Waals surface area (Å²) >= 11 is 3.26. The molecule has 1 aromatic heterocycles. The monoisotopic (exact) mass is 321 g/mol. The number of hydrogen-bond donors (Lipinski definition) is 0. The molecule has 19 heavy (non-hydrogen) atoms. The lowest BCUT2D eigenvalue weighted by Gasteiger charge is -2.39. The van der Waals surface area contributed by atoms with Crippen LogP contribution in [0.5, 0.6) is 0 Å². The minimum atomic E-state index is -0.648. The van der Waals surface area contributed by atoms with Crippen molar-refractivity contribution in [1.29, 1.82) is 5.26 Å². The maximum atomic E-state index is 12.5. The molecule has 0 spiro atoms.